The number of nitrogens with zero attached hydrogens (tertiary/aromatic N) is 3. The first-order chi connectivity index (χ1) is 8.77. The summed E-state index contributed by atoms with van der Waals surface area (Å²) in [7, 11) is 2.01. The van der Waals surface area contributed by atoms with Crippen molar-refractivity contribution in [3.63, 3.8) is 0 Å². The van der Waals surface area contributed by atoms with E-state index < -0.39 is 0 Å². The van der Waals surface area contributed by atoms with Crippen molar-refractivity contribution in [2.45, 2.75) is 6.92 Å². The number of aryl methyl sites for hydroxylation is 2. The van der Waals surface area contributed by atoms with Crippen LogP contribution < -0.4 is 4.57 Å². The van der Waals surface area contributed by atoms with Gasteiger partial charge >= 0.3 is 5.82 Å². The van der Waals surface area contributed by atoms with Crippen LogP contribution in [0.25, 0.3) is 22.3 Å². The molecule has 0 saturated carbocycles. The molecule has 0 aliphatic carbocycles. The summed E-state index contributed by atoms with van der Waals surface area (Å²) in [6.07, 6.45) is 5.65. The third-order valence-electron chi connectivity index (χ3n) is 3.22. The normalized spacial score (nSPS) is 10.8. The highest BCUT2D eigenvalue weighted by atomic mass is 15.0. The summed E-state index contributed by atoms with van der Waals surface area (Å²) in [6, 6.07) is 10.1. The number of rotatable bonds is 1. The topological polar surface area (TPSA) is 29.7 Å². The first-order valence-corrected chi connectivity index (χ1v) is 5.93. The fourth-order valence-electron chi connectivity index (χ4n) is 2.24. The molecule has 0 N–H and O–H groups in total. The van der Waals surface area contributed by atoms with Crippen molar-refractivity contribution in [3.8, 4) is 11.4 Å². The molecule has 3 heteroatoms. The van der Waals surface area contributed by atoms with Gasteiger partial charge in [0.2, 0.25) is 0 Å². The Bertz CT molecular complexity index is 720. The highest BCUT2D eigenvalue weighted by Crippen LogP contribution is 2.25. The molecular weight excluding hydrogens is 222 g/mol. The van der Waals surface area contributed by atoms with Gasteiger partial charge in [0, 0.05) is 17.6 Å². The second-order valence-electron chi connectivity index (χ2n) is 4.36. The van der Waals surface area contributed by atoms with Crippen LogP contribution in [0.4, 0.5) is 0 Å². The molecule has 3 aromatic rings. The predicted octanol–water partition coefficient (Wildman–Crippen LogP) is 2.43. The smallest absolute Gasteiger partial charge is 0.256 e. The lowest BCUT2D eigenvalue weighted by Crippen LogP contribution is -2.31. The van der Waals surface area contributed by atoms with Gasteiger partial charge < -0.3 is 0 Å². The molecule has 1 aromatic carbocycles. The van der Waals surface area contributed by atoms with E-state index in [4.69, 9.17) is 0 Å². The van der Waals surface area contributed by atoms with Crippen LogP contribution in [-0.4, -0.2) is 9.97 Å². The molecule has 88 valence electrons. The van der Waals surface area contributed by atoms with Gasteiger partial charge in [0.05, 0.1) is 24.3 Å². The number of hydrogen-bond donors (Lipinski definition) is 0. The van der Waals surface area contributed by atoms with Gasteiger partial charge in [-0.2, -0.15) is 0 Å². The molecule has 0 bridgehead atoms. The molecule has 2 heterocycles. The van der Waals surface area contributed by atoms with E-state index in [0.717, 1.165) is 16.9 Å². The third kappa shape index (κ3) is 1.64. The van der Waals surface area contributed by atoms with Crippen LogP contribution in [0.3, 0.4) is 0 Å². The Balaban J connectivity index is 2.31. The van der Waals surface area contributed by atoms with Crippen molar-refractivity contribution in [1.82, 2.24) is 9.97 Å². The van der Waals surface area contributed by atoms with Crippen LogP contribution in [0.2, 0.25) is 0 Å². The molecule has 3 nitrogen and oxygen atoms in total. The van der Waals surface area contributed by atoms with E-state index in [0.29, 0.717) is 0 Å². The summed E-state index contributed by atoms with van der Waals surface area (Å²) in [5.41, 5.74) is 3.39. The van der Waals surface area contributed by atoms with Crippen LogP contribution in [0.5, 0.6) is 0 Å². The molecule has 3 rings (SSSR count). The van der Waals surface area contributed by atoms with Crippen molar-refractivity contribution in [1.29, 1.82) is 0 Å². The van der Waals surface area contributed by atoms with Gasteiger partial charge in [-0.3, -0.25) is 4.98 Å². The fourth-order valence-corrected chi connectivity index (χ4v) is 2.24. The highest BCUT2D eigenvalue weighted by Gasteiger charge is 2.15. The van der Waals surface area contributed by atoms with E-state index in [2.05, 4.69) is 29.0 Å². The number of benzene rings is 1. The van der Waals surface area contributed by atoms with Crippen molar-refractivity contribution < 1.29 is 4.57 Å². The standard InChI is InChI=1S/C15H14N3/c1-11-12-5-3-8-16-14(12)7-6-13(11)15-17-9-4-10-18(15)2/h3-10H,1-2H3/q+1. The SMILES string of the molecule is Cc1c(-c2nccc[n+]2C)ccc2ncccc12. The van der Waals surface area contributed by atoms with E-state index in [1.807, 2.05) is 48.4 Å². The van der Waals surface area contributed by atoms with Crippen LogP contribution >= 0.6 is 0 Å². The largest absolute Gasteiger partial charge is 0.330 e. The minimum absolute atomic E-state index is 0.973. The summed E-state index contributed by atoms with van der Waals surface area (Å²) >= 11 is 0. The maximum Gasteiger partial charge on any atom is 0.330 e. The molecular formula is C15H14N3+. The summed E-state index contributed by atoms with van der Waals surface area (Å²) < 4.78 is 2.03. The predicted molar refractivity (Wildman–Crippen MR) is 70.9 cm³/mol. The minimum Gasteiger partial charge on any atom is -0.256 e. The average molecular weight is 236 g/mol. The van der Waals surface area contributed by atoms with Gasteiger partial charge in [0.25, 0.3) is 0 Å². The second-order valence-corrected chi connectivity index (χ2v) is 4.36. The summed E-state index contributed by atoms with van der Waals surface area (Å²) in [5, 5.41) is 1.18. The molecule has 0 radical (unpaired) electrons. The quantitative estimate of drug-likeness (QED) is 0.607. The van der Waals surface area contributed by atoms with Crippen LogP contribution in [0.15, 0.2) is 48.9 Å². The van der Waals surface area contributed by atoms with Gasteiger partial charge in [-0.1, -0.05) is 6.07 Å². The van der Waals surface area contributed by atoms with Crippen LogP contribution in [0, 0.1) is 6.92 Å². The zero-order chi connectivity index (χ0) is 12.5. The van der Waals surface area contributed by atoms with E-state index in [-0.39, 0.29) is 0 Å². The summed E-state index contributed by atoms with van der Waals surface area (Å²) in [5.74, 6) is 0.973. The zero-order valence-corrected chi connectivity index (χ0v) is 10.5. The Kier molecular flexibility index (Phi) is 2.52. The molecule has 18 heavy (non-hydrogen) atoms. The fraction of sp³-hybridized carbons (Fsp3) is 0.133. The number of pyridine rings is 1. The molecule has 0 amide bonds. The van der Waals surface area contributed by atoms with Crippen molar-refractivity contribution in [2.75, 3.05) is 0 Å². The van der Waals surface area contributed by atoms with Crippen molar-refractivity contribution >= 4 is 10.9 Å². The Morgan fingerprint density at radius 1 is 1.00 bits per heavy atom. The molecule has 0 saturated heterocycles. The minimum atomic E-state index is 0.973. The van der Waals surface area contributed by atoms with Crippen molar-refractivity contribution in [3.05, 3.63) is 54.5 Å². The highest BCUT2D eigenvalue weighted by molar-refractivity contribution is 5.87. The van der Waals surface area contributed by atoms with Gasteiger partial charge in [-0.15, -0.1) is 0 Å². The molecule has 2 aromatic heterocycles. The molecule has 0 aliphatic heterocycles. The van der Waals surface area contributed by atoms with Crippen LogP contribution in [-0.2, 0) is 7.05 Å². The maximum absolute atomic E-state index is 4.46. The molecule has 0 fully saturated rings. The molecule has 0 atom stereocenters. The lowest BCUT2D eigenvalue weighted by Gasteiger charge is -2.06. The van der Waals surface area contributed by atoms with Crippen molar-refractivity contribution in [2.24, 2.45) is 7.05 Å². The van der Waals surface area contributed by atoms with E-state index >= 15 is 0 Å². The molecule has 0 unspecified atom stereocenters. The summed E-state index contributed by atoms with van der Waals surface area (Å²) in [6.45, 7) is 2.12. The van der Waals surface area contributed by atoms with Gasteiger partial charge in [-0.05, 0) is 35.7 Å². The number of hydrogen-bond acceptors (Lipinski definition) is 2. The summed E-state index contributed by atoms with van der Waals surface area (Å²) in [4.78, 5) is 8.83. The first-order valence-electron chi connectivity index (χ1n) is 5.93. The van der Waals surface area contributed by atoms with Gasteiger partial charge in [0.1, 0.15) is 6.20 Å². The lowest BCUT2D eigenvalue weighted by atomic mass is 10.0. The molecule has 0 aliphatic rings. The zero-order valence-electron chi connectivity index (χ0n) is 10.5. The lowest BCUT2D eigenvalue weighted by molar-refractivity contribution is -0.663. The Morgan fingerprint density at radius 2 is 1.83 bits per heavy atom. The first kappa shape index (κ1) is 10.8. The van der Waals surface area contributed by atoms with E-state index in [1.54, 1.807) is 0 Å². The van der Waals surface area contributed by atoms with Gasteiger partial charge in [-0.25, -0.2) is 4.57 Å². The number of fused-ring (bicyclic) bond motifs is 1. The van der Waals surface area contributed by atoms with Crippen LogP contribution in [0.1, 0.15) is 5.56 Å². The Hall–Kier alpha value is -2.29. The second kappa shape index (κ2) is 4.18. The van der Waals surface area contributed by atoms with Gasteiger partial charge in [0.15, 0.2) is 0 Å². The maximum atomic E-state index is 4.46. The van der Waals surface area contributed by atoms with E-state index in [9.17, 15) is 0 Å². The molecule has 0 spiro atoms. The average Bonchev–Trinajstić information content (AvgIpc) is 2.41. The Labute approximate surface area is 106 Å². The monoisotopic (exact) mass is 236 g/mol. The number of aromatic nitrogens is 3. The Morgan fingerprint density at radius 3 is 2.67 bits per heavy atom. The third-order valence-corrected chi connectivity index (χ3v) is 3.22. The van der Waals surface area contributed by atoms with E-state index in [1.165, 1.54) is 10.9 Å².